The number of carbonyl (C=O) groups is 2. The lowest BCUT2D eigenvalue weighted by molar-refractivity contribution is 0.0583. The Morgan fingerprint density at radius 2 is 1.77 bits per heavy atom. The van der Waals surface area contributed by atoms with Gasteiger partial charge in [-0.3, -0.25) is 0 Å². The van der Waals surface area contributed by atoms with Gasteiger partial charge in [-0.05, 0) is 37.5 Å². The fraction of sp³-hybridized carbons (Fsp3) is 0.529. The number of methoxy groups -OCH3 is 2. The van der Waals surface area contributed by atoms with Crippen LogP contribution in [0.15, 0.2) is 23.1 Å². The highest BCUT2D eigenvalue weighted by atomic mass is 32.2. The number of nitrogens with two attached hydrogens (primary N) is 1. The zero-order chi connectivity index (χ0) is 20.1. The van der Waals surface area contributed by atoms with Crippen molar-refractivity contribution in [1.82, 2.24) is 4.72 Å². The summed E-state index contributed by atoms with van der Waals surface area (Å²) in [6.07, 6.45) is 0.493. The first-order valence-electron chi connectivity index (χ1n) is 8.04. The Morgan fingerprint density at radius 3 is 2.23 bits per heavy atom. The fourth-order valence-electron chi connectivity index (χ4n) is 2.72. The molecule has 0 bridgehead atoms. The highest BCUT2D eigenvalue weighted by Crippen LogP contribution is 2.23. The number of benzene rings is 1. The molecule has 0 saturated carbocycles. The molecule has 0 aliphatic rings. The van der Waals surface area contributed by atoms with E-state index in [-0.39, 0.29) is 28.5 Å². The maximum atomic E-state index is 13.0. The topological polar surface area (TPSA) is 125 Å². The number of ether oxygens (including phenoxy) is 2. The highest BCUT2D eigenvalue weighted by molar-refractivity contribution is 7.89. The van der Waals surface area contributed by atoms with Crippen molar-refractivity contribution in [3.05, 3.63) is 29.3 Å². The third-order valence-electron chi connectivity index (χ3n) is 3.79. The number of hydrogen-bond donors (Lipinski definition) is 2. The molecular formula is C17H26N2O6S. The summed E-state index contributed by atoms with van der Waals surface area (Å²) >= 11 is 0. The highest BCUT2D eigenvalue weighted by Gasteiger charge is 2.33. The summed E-state index contributed by atoms with van der Waals surface area (Å²) in [5.74, 6) is -1.37. The van der Waals surface area contributed by atoms with Crippen molar-refractivity contribution in [2.24, 2.45) is 11.7 Å². The maximum absolute atomic E-state index is 13.0. The summed E-state index contributed by atoms with van der Waals surface area (Å²) in [7, 11) is -1.84. The minimum atomic E-state index is -4.16. The van der Waals surface area contributed by atoms with Crippen molar-refractivity contribution < 1.29 is 27.5 Å². The summed E-state index contributed by atoms with van der Waals surface area (Å²) in [6, 6.07) is 3.61. The van der Waals surface area contributed by atoms with Gasteiger partial charge in [0, 0.05) is 12.1 Å². The van der Waals surface area contributed by atoms with Crippen molar-refractivity contribution in [2.75, 3.05) is 20.8 Å². The molecule has 1 rings (SSSR count). The number of rotatable bonds is 8. The standard InChI is InChI=1S/C17H26N2O6S/c1-11(2)9-17(3,10-18)19-26(22,23)14-8-12(15(20)24-4)6-7-13(14)16(21)25-5/h6-8,11,19H,9-10,18H2,1-5H3. The molecular weight excluding hydrogens is 360 g/mol. The average Bonchev–Trinajstić information content (AvgIpc) is 2.58. The first-order valence-corrected chi connectivity index (χ1v) is 9.52. The van der Waals surface area contributed by atoms with Crippen molar-refractivity contribution >= 4 is 22.0 Å². The molecule has 1 atom stereocenters. The van der Waals surface area contributed by atoms with Crippen LogP contribution in [0.5, 0.6) is 0 Å². The van der Waals surface area contributed by atoms with E-state index in [1.165, 1.54) is 19.2 Å². The van der Waals surface area contributed by atoms with E-state index >= 15 is 0 Å². The quantitative estimate of drug-likeness (QED) is 0.645. The summed E-state index contributed by atoms with van der Waals surface area (Å²) < 4.78 is 37.8. The smallest absolute Gasteiger partial charge is 0.339 e. The van der Waals surface area contributed by atoms with E-state index in [9.17, 15) is 18.0 Å². The Balaban J connectivity index is 3.48. The second kappa shape index (κ2) is 8.61. The summed E-state index contributed by atoms with van der Waals surface area (Å²) in [4.78, 5) is 23.4. The molecule has 0 aliphatic carbocycles. The lowest BCUT2D eigenvalue weighted by Crippen LogP contribution is -2.52. The molecule has 0 radical (unpaired) electrons. The zero-order valence-electron chi connectivity index (χ0n) is 15.7. The maximum Gasteiger partial charge on any atom is 0.339 e. The first kappa shape index (κ1) is 22.1. The lowest BCUT2D eigenvalue weighted by atomic mass is 9.92. The molecule has 0 fully saturated rings. The number of hydrogen-bond acceptors (Lipinski definition) is 7. The third kappa shape index (κ3) is 5.26. The van der Waals surface area contributed by atoms with Crippen LogP contribution in [-0.2, 0) is 19.5 Å². The van der Waals surface area contributed by atoms with Gasteiger partial charge < -0.3 is 15.2 Å². The van der Waals surface area contributed by atoms with E-state index in [0.29, 0.717) is 6.42 Å². The van der Waals surface area contributed by atoms with Crippen molar-refractivity contribution in [1.29, 1.82) is 0 Å². The van der Waals surface area contributed by atoms with Gasteiger partial charge in [-0.25, -0.2) is 22.7 Å². The van der Waals surface area contributed by atoms with Gasteiger partial charge in [-0.1, -0.05) is 13.8 Å². The molecule has 9 heteroatoms. The van der Waals surface area contributed by atoms with Crippen LogP contribution in [0, 0.1) is 5.92 Å². The fourth-order valence-corrected chi connectivity index (χ4v) is 4.36. The second-order valence-corrected chi connectivity index (χ2v) is 8.31. The predicted octanol–water partition coefficient (Wildman–Crippen LogP) is 1.30. The normalized spacial score (nSPS) is 14.0. The molecule has 1 aromatic carbocycles. The number of nitrogens with one attached hydrogen (secondary N) is 1. The molecule has 8 nitrogen and oxygen atoms in total. The molecule has 0 spiro atoms. The molecule has 0 aromatic heterocycles. The molecule has 0 aliphatic heterocycles. The first-order chi connectivity index (χ1) is 12.0. The number of esters is 2. The molecule has 0 saturated heterocycles. The van der Waals surface area contributed by atoms with Crippen molar-refractivity contribution in [3.8, 4) is 0 Å². The van der Waals surface area contributed by atoms with E-state index in [4.69, 9.17) is 5.73 Å². The van der Waals surface area contributed by atoms with E-state index in [1.54, 1.807) is 6.92 Å². The number of sulfonamides is 1. The van der Waals surface area contributed by atoms with Gasteiger partial charge in [0.2, 0.25) is 10.0 Å². The second-order valence-electron chi connectivity index (χ2n) is 6.66. The summed E-state index contributed by atoms with van der Waals surface area (Å²) in [5, 5.41) is 0. The molecule has 3 N–H and O–H groups in total. The minimum Gasteiger partial charge on any atom is -0.465 e. The van der Waals surface area contributed by atoms with Crippen LogP contribution in [0.3, 0.4) is 0 Å². The lowest BCUT2D eigenvalue weighted by Gasteiger charge is -2.31. The Hall–Kier alpha value is -1.97. The van der Waals surface area contributed by atoms with Crippen LogP contribution < -0.4 is 10.5 Å². The van der Waals surface area contributed by atoms with E-state index in [2.05, 4.69) is 14.2 Å². The Bertz CT molecular complexity index is 775. The minimum absolute atomic E-state index is 0.00107. The molecule has 1 unspecified atom stereocenters. The van der Waals surface area contributed by atoms with Gasteiger partial charge in [0.05, 0.1) is 30.2 Å². The third-order valence-corrected chi connectivity index (χ3v) is 5.47. The predicted molar refractivity (Wildman–Crippen MR) is 96.4 cm³/mol. The molecule has 26 heavy (non-hydrogen) atoms. The van der Waals surface area contributed by atoms with Gasteiger partial charge >= 0.3 is 11.9 Å². The van der Waals surface area contributed by atoms with Gasteiger partial charge in [0.25, 0.3) is 0 Å². The Labute approximate surface area is 154 Å². The summed E-state index contributed by atoms with van der Waals surface area (Å²) in [5.41, 5.74) is 4.67. The number of carbonyl (C=O) groups excluding carboxylic acids is 2. The van der Waals surface area contributed by atoms with Crippen LogP contribution in [0.2, 0.25) is 0 Å². The van der Waals surface area contributed by atoms with Crippen molar-refractivity contribution in [2.45, 2.75) is 37.6 Å². The van der Waals surface area contributed by atoms with Crippen LogP contribution >= 0.6 is 0 Å². The van der Waals surface area contributed by atoms with E-state index in [0.717, 1.165) is 13.2 Å². The van der Waals surface area contributed by atoms with Gasteiger partial charge in [-0.2, -0.15) is 0 Å². The van der Waals surface area contributed by atoms with Gasteiger partial charge in [-0.15, -0.1) is 0 Å². The molecule has 0 heterocycles. The Kier molecular flexibility index (Phi) is 7.31. The van der Waals surface area contributed by atoms with Gasteiger partial charge in [0.1, 0.15) is 0 Å². The van der Waals surface area contributed by atoms with Crippen LogP contribution in [-0.4, -0.2) is 46.7 Å². The van der Waals surface area contributed by atoms with Crippen LogP contribution in [0.1, 0.15) is 47.9 Å². The summed E-state index contributed by atoms with van der Waals surface area (Å²) in [6.45, 7) is 5.64. The van der Waals surface area contributed by atoms with Crippen LogP contribution in [0.25, 0.3) is 0 Å². The average molecular weight is 386 g/mol. The van der Waals surface area contributed by atoms with Crippen LogP contribution in [0.4, 0.5) is 0 Å². The zero-order valence-corrected chi connectivity index (χ0v) is 16.5. The van der Waals surface area contributed by atoms with E-state index in [1.807, 2.05) is 13.8 Å². The largest absolute Gasteiger partial charge is 0.465 e. The van der Waals surface area contributed by atoms with Crippen molar-refractivity contribution in [3.63, 3.8) is 0 Å². The molecule has 0 amide bonds. The molecule has 146 valence electrons. The van der Waals surface area contributed by atoms with E-state index < -0.39 is 27.5 Å². The molecule has 1 aromatic rings. The SMILES string of the molecule is COC(=O)c1ccc(C(=O)OC)c(S(=O)(=O)NC(C)(CN)CC(C)C)c1. The Morgan fingerprint density at radius 1 is 1.19 bits per heavy atom. The van der Waals surface area contributed by atoms with Gasteiger partial charge in [0.15, 0.2) is 0 Å². The monoisotopic (exact) mass is 386 g/mol.